The number of carbonyl (C=O) groups is 1. The Labute approximate surface area is 166 Å². The first-order chi connectivity index (χ1) is 13.9. The molecule has 1 amide bonds. The largest absolute Gasteiger partial charge is 0.504 e. The van der Waals surface area contributed by atoms with E-state index in [0.717, 1.165) is 11.3 Å². The Bertz CT molecular complexity index is 1000. The number of phenolic OH excluding ortho intramolecular Hbond substituents is 1. The van der Waals surface area contributed by atoms with Crippen LogP contribution >= 0.6 is 0 Å². The zero-order valence-corrected chi connectivity index (χ0v) is 15.7. The van der Waals surface area contributed by atoms with Gasteiger partial charge in [-0.25, -0.2) is 5.43 Å². The second kappa shape index (κ2) is 8.38. The molecule has 2 aromatic rings. The van der Waals surface area contributed by atoms with Crippen LogP contribution in [0.3, 0.4) is 0 Å². The Morgan fingerprint density at radius 3 is 2.69 bits per heavy atom. The van der Waals surface area contributed by atoms with Gasteiger partial charge in [0, 0.05) is 12.3 Å². The number of ether oxygens (including phenoxy) is 1. The summed E-state index contributed by atoms with van der Waals surface area (Å²) in [5.74, 6) is -0.631. The highest BCUT2D eigenvalue weighted by Gasteiger charge is 2.23. The van der Waals surface area contributed by atoms with Gasteiger partial charge in [0.15, 0.2) is 5.75 Å². The number of aromatic hydroxyl groups is 1. The zero-order chi connectivity index (χ0) is 21.0. The molecule has 0 saturated heterocycles. The van der Waals surface area contributed by atoms with Crippen LogP contribution in [0.5, 0.6) is 11.5 Å². The minimum absolute atomic E-state index is 0.0191. The van der Waals surface area contributed by atoms with Crippen molar-refractivity contribution in [3.63, 3.8) is 0 Å². The molecule has 3 rings (SSSR count). The van der Waals surface area contributed by atoms with E-state index in [2.05, 4.69) is 21.1 Å². The van der Waals surface area contributed by atoms with E-state index in [9.17, 15) is 20.0 Å². The zero-order valence-electron chi connectivity index (χ0n) is 15.7. The highest BCUT2D eigenvalue weighted by molar-refractivity contribution is 6.05. The maximum atomic E-state index is 11.4. The number of benzene rings is 2. The van der Waals surface area contributed by atoms with E-state index in [1.54, 1.807) is 12.1 Å². The van der Waals surface area contributed by atoms with Crippen molar-refractivity contribution >= 4 is 29.2 Å². The minimum atomic E-state index is -0.639. The van der Waals surface area contributed by atoms with Crippen LogP contribution in [-0.2, 0) is 4.79 Å². The van der Waals surface area contributed by atoms with Gasteiger partial charge in [-0.15, -0.1) is 0 Å². The molecule has 1 unspecified atom stereocenters. The van der Waals surface area contributed by atoms with Crippen LogP contribution in [0.4, 0.5) is 11.4 Å². The number of amides is 1. The van der Waals surface area contributed by atoms with Crippen molar-refractivity contribution in [2.24, 2.45) is 16.1 Å². The summed E-state index contributed by atoms with van der Waals surface area (Å²) in [5.41, 5.74) is 7.41. The number of methoxy groups -OCH3 is 1. The van der Waals surface area contributed by atoms with E-state index in [0.29, 0.717) is 12.1 Å². The topological polar surface area (TPSA) is 138 Å². The van der Waals surface area contributed by atoms with Gasteiger partial charge in [-0.1, -0.05) is 19.1 Å². The van der Waals surface area contributed by atoms with Crippen LogP contribution in [0.15, 0.2) is 46.6 Å². The summed E-state index contributed by atoms with van der Waals surface area (Å²) in [6.45, 7) is 1.94. The number of hydrogen-bond donors (Lipinski definition) is 3. The average molecular weight is 397 g/mol. The van der Waals surface area contributed by atoms with Crippen molar-refractivity contribution < 1.29 is 19.6 Å². The van der Waals surface area contributed by atoms with Crippen LogP contribution in [0.2, 0.25) is 0 Å². The predicted octanol–water partition coefficient (Wildman–Crippen LogP) is 2.62. The SMILES string of the molecule is COc1c(O)ccc(/C=N\Nc2ccc(C3=NNC(=O)CC3C)cc2)c1[N+](=O)[O-]. The predicted molar refractivity (Wildman–Crippen MR) is 107 cm³/mol. The lowest BCUT2D eigenvalue weighted by molar-refractivity contribution is -0.385. The molecule has 2 aromatic carbocycles. The van der Waals surface area contributed by atoms with E-state index in [-0.39, 0.29) is 34.6 Å². The van der Waals surface area contributed by atoms with Gasteiger partial charge in [0.1, 0.15) is 0 Å². The molecule has 0 aliphatic carbocycles. The number of nitro groups is 1. The Balaban J connectivity index is 1.75. The van der Waals surface area contributed by atoms with Crippen molar-refractivity contribution in [1.29, 1.82) is 0 Å². The molecule has 0 saturated carbocycles. The normalized spacial score (nSPS) is 16.3. The average Bonchev–Trinajstić information content (AvgIpc) is 2.69. The van der Waals surface area contributed by atoms with Gasteiger partial charge in [0.2, 0.25) is 11.7 Å². The molecule has 0 radical (unpaired) electrons. The lowest BCUT2D eigenvalue weighted by Crippen LogP contribution is -2.31. The Hall–Kier alpha value is -3.95. The first kappa shape index (κ1) is 19.8. The van der Waals surface area contributed by atoms with E-state index >= 15 is 0 Å². The van der Waals surface area contributed by atoms with E-state index < -0.39 is 4.92 Å². The summed E-state index contributed by atoms with van der Waals surface area (Å²) in [4.78, 5) is 22.0. The number of nitro benzene ring substituents is 1. The van der Waals surface area contributed by atoms with Crippen molar-refractivity contribution in [3.8, 4) is 11.5 Å². The number of hydrogen-bond acceptors (Lipinski definition) is 8. The molecule has 0 spiro atoms. The van der Waals surface area contributed by atoms with Crippen LogP contribution in [0, 0.1) is 16.0 Å². The molecular weight excluding hydrogens is 378 g/mol. The molecule has 1 heterocycles. The first-order valence-electron chi connectivity index (χ1n) is 8.71. The molecule has 0 aromatic heterocycles. The molecule has 10 heteroatoms. The van der Waals surface area contributed by atoms with Crippen molar-refractivity contribution in [2.45, 2.75) is 13.3 Å². The summed E-state index contributed by atoms with van der Waals surface area (Å²) in [6.07, 6.45) is 1.66. The molecule has 10 nitrogen and oxygen atoms in total. The van der Waals surface area contributed by atoms with Crippen molar-refractivity contribution in [3.05, 3.63) is 57.6 Å². The van der Waals surface area contributed by atoms with Gasteiger partial charge in [-0.3, -0.25) is 20.3 Å². The monoisotopic (exact) mass is 397 g/mol. The van der Waals surface area contributed by atoms with Gasteiger partial charge in [0.05, 0.1) is 35.2 Å². The highest BCUT2D eigenvalue weighted by atomic mass is 16.6. The molecule has 3 N–H and O–H groups in total. The molecule has 0 fully saturated rings. The third-order valence-electron chi connectivity index (χ3n) is 4.37. The lowest BCUT2D eigenvalue weighted by atomic mass is 9.94. The summed E-state index contributed by atoms with van der Waals surface area (Å²) >= 11 is 0. The molecule has 1 atom stereocenters. The van der Waals surface area contributed by atoms with Gasteiger partial charge in [-0.2, -0.15) is 10.2 Å². The van der Waals surface area contributed by atoms with Crippen LogP contribution in [0.25, 0.3) is 0 Å². The maximum Gasteiger partial charge on any atom is 0.323 e. The fraction of sp³-hybridized carbons (Fsp3) is 0.211. The number of rotatable bonds is 6. The Kier molecular flexibility index (Phi) is 5.72. The quantitative estimate of drug-likeness (QED) is 0.389. The van der Waals surface area contributed by atoms with Gasteiger partial charge in [-0.05, 0) is 29.8 Å². The second-order valence-corrected chi connectivity index (χ2v) is 6.40. The smallest absolute Gasteiger partial charge is 0.323 e. The summed E-state index contributed by atoms with van der Waals surface area (Å²) < 4.78 is 4.92. The minimum Gasteiger partial charge on any atom is -0.504 e. The number of nitrogens with one attached hydrogen (secondary N) is 2. The van der Waals surface area contributed by atoms with Crippen LogP contribution < -0.4 is 15.6 Å². The number of carbonyl (C=O) groups excluding carboxylic acids is 1. The molecule has 0 bridgehead atoms. The summed E-state index contributed by atoms with van der Waals surface area (Å²) in [6, 6.07) is 9.93. The summed E-state index contributed by atoms with van der Waals surface area (Å²) in [5, 5.41) is 29.2. The molecule has 1 aliphatic heterocycles. The molecule has 29 heavy (non-hydrogen) atoms. The number of hydrazone groups is 2. The Morgan fingerprint density at radius 2 is 2.07 bits per heavy atom. The van der Waals surface area contributed by atoms with E-state index in [4.69, 9.17) is 4.74 Å². The van der Waals surface area contributed by atoms with Gasteiger partial charge in [0.25, 0.3) is 0 Å². The first-order valence-corrected chi connectivity index (χ1v) is 8.71. The van der Waals surface area contributed by atoms with Crippen LogP contribution in [-0.4, -0.2) is 35.0 Å². The van der Waals surface area contributed by atoms with Gasteiger partial charge < -0.3 is 9.84 Å². The molecular formula is C19H19N5O5. The van der Waals surface area contributed by atoms with Crippen LogP contribution in [0.1, 0.15) is 24.5 Å². The second-order valence-electron chi connectivity index (χ2n) is 6.40. The third-order valence-corrected chi connectivity index (χ3v) is 4.37. The Morgan fingerprint density at radius 1 is 1.34 bits per heavy atom. The fourth-order valence-corrected chi connectivity index (χ4v) is 2.96. The lowest BCUT2D eigenvalue weighted by Gasteiger charge is -2.19. The van der Waals surface area contributed by atoms with Crippen molar-refractivity contribution in [2.75, 3.05) is 12.5 Å². The number of nitrogens with zero attached hydrogens (tertiary/aromatic N) is 3. The highest BCUT2D eigenvalue weighted by Crippen LogP contribution is 2.37. The van der Waals surface area contributed by atoms with Crippen molar-refractivity contribution in [1.82, 2.24) is 5.43 Å². The van der Waals surface area contributed by atoms with E-state index in [1.165, 1.54) is 25.5 Å². The molecule has 150 valence electrons. The number of anilines is 1. The van der Waals surface area contributed by atoms with Gasteiger partial charge >= 0.3 is 5.69 Å². The molecule has 1 aliphatic rings. The third kappa shape index (κ3) is 4.32. The maximum absolute atomic E-state index is 11.4. The standard InChI is InChI=1S/C19H19N5O5/c1-11-9-16(26)22-23-17(11)12-3-6-14(7-4-12)21-20-10-13-5-8-15(25)19(29-2)18(13)24(27)28/h3-8,10-11,21,25H,9H2,1-2H3,(H,22,26)/b20-10-. The fourth-order valence-electron chi connectivity index (χ4n) is 2.96. The van der Waals surface area contributed by atoms with E-state index in [1.807, 2.05) is 19.1 Å². The summed E-state index contributed by atoms with van der Waals surface area (Å²) in [7, 11) is 1.24. The number of phenols is 1.